The normalized spacial score (nSPS) is 12.6. The number of aromatic nitrogens is 1. The Bertz CT molecular complexity index is 384. The first-order chi connectivity index (χ1) is 8.19. The summed E-state index contributed by atoms with van der Waals surface area (Å²) in [6.07, 6.45) is 5.26. The highest BCUT2D eigenvalue weighted by Gasteiger charge is 2.08. The largest absolute Gasteiger partial charge is 0.314 e. The Morgan fingerprint density at radius 2 is 2.12 bits per heavy atom. The van der Waals surface area contributed by atoms with Crippen molar-refractivity contribution in [1.82, 2.24) is 9.88 Å². The molecule has 0 bridgehead atoms. The second-order valence-corrected chi connectivity index (χ2v) is 4.59. The van der Waals surface area contributed by atoms with Gasteiger partial charge in [0.15, 0.2) is 0 Å². The first kappa shape index (κ1) is 14.0. The number of nitrogens with zero attached hydrogens (tertiary/aromatic N) is 1. The molecule has 1 atom stereocenters. The van der Waals surface area contributed by atoms with Crippen LogP contribution in [0.2, 0.25) is 0 Å². The minimum absolute atomic E-state index is 0.131. The van der Waals surface area contributed by atoms with Gasteiger partial charge in [0, 0.05) is 24.3 Å². The van der Waals surface area contributed by atoms with Crippen LogP contribution in [0.3, 0.4) is 0 Å². The van der Waals surface area contributed by atoms with Gasteiger partial charge in [0.05, 0.1) is 0 Å². The summed E-state index contributed by atoms with van der Waals surface area (Å²) in [7, 11) is 0. The Hall–Kier alpha value is -1.09. The van der Waals surface area contributed by atoms with Crippen LogP contribution in [0.4, 0.5) is 0 Å². The molecule has 1 heterocycles. The third kappa shape index (κ3) is 4.35. The zero-order valence-corrected chi connectivity index (χ0v) is 11.2. The molecule has 0 fully saturated rings. The molecule has 0 aliphatic rings. The van der Waals surface area contributed by atoms with E-state index in [1.54, 1.807) is 0 Å². The van der Waals surface area contributed by atoms with E-state index in [4.69, 9.17) is 0 Å². The number of aryl methyl sites for hydroxylation is 1. The van der Waals surface area contributed by atoms with Crippen molar-refractivity contribution in [3.63, 3.8) is 0 Å². The smallest absolute Gasteiger partial charge is 0.253 e. The van der Waals surface area contributed by atoms with Crippen LogP contribution in [0.5, 0.6) is 0 Å². The van der Waals surface area contributed by atoms with Crippen LogP contribution in [-0.4, -0.2) is 17.2 Å². The molecule has 0 saturated heterocycles. The van der Waals surface area contributed by atoms with Gasteiger partial charge >= 0.3 is 0 Å². The van der Waals surface area contributed by atoms with Crippen molar-refractivity contribution < 1.29 is 0 Å². The van der Waals surface area contributed by atoms with E-state index < -0.39 is 0 Å². The Morgan fingerprint density at radius 3 is 2.76 bits per heavy atom. The minimum atomic E-state index is 0.131. The van der Waals surface area contributed by atoms with E-state index in [0.717, 1.165) is 37.9 Å². The lowest BCUT2D eigenvalue weighted by Crippen LogP contribution is -2.37. The van der Waals surface area contributed by atoms with E-state index in [1.165, 1.54) is 0 Å². The maximum Gasteiger partial charge on any atom is 0.253 e. The van der Waals surface area contributed by atoms with E-state index in [-0.39, 0.29) is 5.56 Å². The summed E-state index contributed by atoms with van der Waals surface area (Å²) in [6.45, 7) is 8.00. The van der Waals surface area contributed by atoms with Crippen LogP contribution in [0.25, 0.3) is 0 Å². The maximum absolute atomic E-state index is 11.9. The third-order valence-corrected chi connectivity index (χ3v) is 2.95. The molecule has 1 aromatic heterocycles. The number of pyridine rings is 1. The first-order valence-electron chi connectivity index (χ1n) is 6.58. The lowest BCUT2D eigenvalue weighted by atomic mass is 10.1. The molecule has 0 amide bonds. The molecule has 0 aromatic carbocycles. The van der Waals surface area contributed by atoms with Crippen LogP contribution < -0.4 is 10.9 Å². The number of nitrogens with one attached hydrogen (secondary N) is 1. The molecule has 1 rings (SSSR count). The van der Waals surface area contributed by atoms with Gasteiger partial charge in [0.1, 0.15) is 0 Å². The molecule has 17 heavy (non-hydrogen) atoms. The van der Waals surface area contributed by atoms with E-state index in [2.05, 4.69) is 19.2 Å². The summed E-state index contributed by atoms with van der Waals surface area (Å²) in [5.41, 5.74) is 0.949. The Balaban J connectivity index is 2.71. The Labute approximate surface area is 104 Å². The topological polar surface area (TPSA) is 34.0 Å². The van der Waals surface area contributed by atoms with Gasteiger partial charge < -0.3 is 9.88 Å². The van der Waals surface area contributed by atoms with E-state index in [0.29, 0.717) is 6.04 Å². The Kier molecular flexibility index (Phi) is 5.98. The molecule has 0 aliphatic carbocycles. The number of hydrogen-bond donors (Lipinski definition) is 1. The molecule has 1 N–H and O–H groups in total. The standard InChI is InChI=1S/C14H24N2O/c1-4-7-13(15-9-5-2)11-16-10-6-8-12(3)14(16)17/h6,8,10,13,15H,4-5,7,9,11H2,1-3H3. The predicted molar refractivity (Wildman–Crippen MR) is 72.4 cm³/mol. The summed E-state index contributed by atoms with van der Waals surface area (Å²) in [6, 6.07) is 4.21. The van der Waals surface area contributed by atoms with Gasteiger partial charge in [-0.1, -0.05) is 26.3 Å². The molecule has 0 spiro atoms. The molecule has 0 saturated carbocycles. The fourth-order valence-electron chi connectivity index (χ4n) is 1.99. The summed E-state index contributed by atoms with van der Waals surface area (Å²) in [4.78, 5) is 11.9. The molecule has 0 radical (unpaired) electrons. The van der Waals surface area contributed by atoms with Crippen LogP contribution in [0.15, 0.2) is 23.1 Å². The van der Waals surface area contributed by atoms with Crippen molar-refractivity contribution in [3.8, 4) is 0 Å². The van der Waals surface area contributed by atoms with Gasteiger partial charge in [-0.25, -0.2) is 0 Å². The maximum atomic E-state index is 11.9. The molecule has 1 unspecified atom stereocenters. The summed E-state index contributed by atoms with van der Waals surface area (Å²) >= 11 is 0. The molecule has 3 nitrogen and oxygen atoms in total. The van der Waals surface area contributed by atoms with Crippen molar-refractivity contribution in [2.24, 2.45) is 0 Å². The van der Waals surface area contributed by atoms with Crippen LogP contribution in [0, 0.1) is 6.92 Å². The van der Waals surface area contributed by atoms with E-state index >= 15 is 0 Å². The zero-order valence-electron chi connectivity index (χ0n) is 11.2. The molecule has 0 aliphatic heterocycles. The Morgan fingerprint density at radius 1 is 1.35 bits per heavy atom. The van der Waals surface area contributed by atoms with Crippen molar-refractivity contribution in [2.75, 3.05) is 6.54 Å². The minimum Gasteiger partial charge on any atom is -0.314 e. The van der Waals surface area contributed by atoms with Gasteiger partial charge in [-0.2, -0.15) is 0 Å². The SMILES string of the molecule is CCCNC(CCC)Cn1cccc(C)c1=O. The number of rotatable bonds is 7. The lowest BCUT2D eigenvalue weighted by molar-refractivity contribution is 0.414. The zero-order chi connectivity index (χ0) is 12.7. The van der Waals surface area contributed by atoms with Gasteiger partial charge in [-0.3, -0.25) is 4.79 Å². The molecule has 1 aromatic rings. The second kappa shape index (κ2) is 7.28. The highest BCUT2D eigenvalue weighted by atomic mass is 16.1. The third-order valence-electron chi connectivity index (χ3n) is 2.95. The highest BCUT2D eigenvalue weighted by Crippen LogP contribution is 2.00. The summed E-state index contributed by atoms with van der Waals surface area (Å²) < 4.78 is 1.82. The number of hydrogen-bond acceptors (Lipinski definition) is 2. The first-order valence-corrected chi connectivity index (χ1v) is 6.58. The van der Waals surface area contributed by atoms with Crippen molar-refractivity contribution in [1.29, 1.82) is 0 Å². The van der Waals surface area contributed by atoms with Gasteiger partial charge in [0.25, 0.3) is 5.56 Å². The molecule has 96 valence electrons. The van der Waals surface area contributed by atoms with E-state index in [1.807, 2.05) is 29.8 Å². The monoisotopic (exact) mass is 236 g/mol. The summed E-state index contributed by atoms with van der Waals surface area (Å²) in [5.74, 6) is 0. The van der Waals surface area contributed by atoms with E-state index in [9.17, 15) is 4.79 Å². The van der Waals surface area contributed by atoms with Gasteiger partial charge in [-0.15, -0.1) is 0 Å². The van der Waals surface area contributed by atoms with Crippen LogP contribution in [-0.2, 0) is 6.54 Å². The van der Waals surface area contributed by atoms with Crippen molar-refractivity contribution in [3.05, 3.63) is 34.2 Å². The second-order valence-electron chi connectivity index (χ2n) is 4.59. The van der Waals surface area contributed by atoms with Gasteiger partial charge in [-0.05, 0) is 32.4 Å². The molecular weight excluding hydrogens is 212 g/mol. The quantitative estimate of drug-likeness (QED) is 0.788. The molecule has 3 heteroatoms. The van der Waals surface area contributed by atoms with Gasteiger partial charge in [0.2, 0.25) is 0 Å². The van der Waals surface area contributed by atoms with Crippen molar-refractivity contribution in [2.45, 2.75) is 52.6 Å². The summed E-state index contributed by atoms with van der Waals surface area (Å²) in [5, 5.41) is 3.51. The van der Waals surface area contributed by atoms with Crippen molar-refractivity contribution >= 4 is 0 Å². The average Bonchev–Trinajstić information content (AvgIpc) is 2.32. The molecular formula is C14H24N2O. The van der Waals surface area contributed by atoms with Crippen LogP contribution >= 0.6 is 0 Å². The highest BCUT2D eigenvalue weighted by molar-refractivity contribution is 5.07. The van der Waals surface area contributed by atoms with Crippen LogP contribution in [0.1, 0.15) is 38.7 Å². The lowest BCUT2D eigenvalue weighted by Gasteiger charge is -2.19. The average molecular weight is 236 g/mol. The fourth-order valence-corrected chi connectivity index (χ4v) is 1.99. The fraction of sp³-hybridized carbons (Fsp3) is 0.643. The predicted octanol–water partition coefficient (Wildman–Crippen LogP) is 2.33.